The molecule has 0 radical (unpaired) electrons. The average molecular weight is 346 g/mol. The third-order valence-corrected chi connectivity index (χ3v) is 5.46. The maximum Gasteiger partial charge on any atom is 0.123 e. The van der Waals surface area contributed by atoms with Gasteiger partial charge in [-0.25, -0.2) is 0 Å². The first-order valence-electron chi connectivity index (χ1n) is 6.93. The summed E-state index contributed by atoms with van der Waals surface area (Å²) in [6.45, 7) is 4.69. The van der Waals surface area contributed by atoms with Gasteiger partial charge >= 0.3 is 0 Å². The molecule has 0 aromatic heterocycles. The number of halogens is 2. The Labute approximate surface area is 129 Å². The van der Waals surface area contributed by atoms with E-state index in [1.807, 2.05) is 12.1 Å². The summed E-state index contributed by atoms with van der Waals surface area (Å²) in [5.41, 5.74) is 1.41. The van der Waals surface area contributed by atoms with Gasteiger partial charge in [0.15, 0.2) is 0 Å². The van der Waals surface area contributed by atoms with Crippen LogP contribution in [0, 0.1) is 11.3 Å². The molecule has 1 aromatic carbocycles. The first-order chi connectivity index (χ1) is 8.95. The second-order valence-corrected chi connectivity index (χ2v) is 7.51. The number of hydrogen-bond acceptors (Lipinski definition) is 1. The van der Waals surface area contributed by atoms with E-state index in [0.717, 1.165) is 15.8 Å². The summed E-state index contributed by atoms with van der Waals surface area (Å²) < 4.78 is 6.53. The van der Waals surface area contributed by atoms with Gasteiger partial charge in [-0.1, -0.05) is 42.6 Å². The van der Waals surface area contributed by atoms with Crippen LogP contribution in [0.4, 0.5) is 0 Å². The molecule has 1 aliphatic rings. The van der Waals surface area contributed by atoms with Crippen LogP contribution in [-0.4, -0.2) is 7.11 Å². The normalized spacial score (nSPS) is 23.9. The van der Waals surface area contributed by atoms with Crippen LogP contribution >= 0.6 is 27.5 Å². The van der Waals surface area contributed by atoms with E-state index in [4.69, 9.17) is 16.3 Å². The van der Waals surface area contributed by atoms with Gasteiger partial charge in [-0.05, 0) is 42.4 Å². The quantitative estimate of drug-likeness (QED) is 0.615. The molecule has 2 rings (SSSR count). The van der Waals surface area contributed by atoms with Crippen molar-refractivity contribution >= 4 is 27.5 Å². The van der Waals surface area contributed by atoms with Crippen molar-refractivity contribution in [2.24, 2.45) is 11.3 Å². The molecule has 0 N–H and O–H groups in total. The maximum absolute atomic E-state index is 6.82. The van der Waals surface area contributed by atoms with Gasteiger partial charge in [0.25, 0.3) is 0 Å². The van der Waals surface area contributed by atoms with Crippen LogP contribution in [0.1, 0.15) is 50.5 Å². The SMILES string of the molecule is COc1ccc(Br)cc1C(Cl)C1CCCCC1(C)C. The largest absolute Gasteiger partial charge is 0.496 e. The number of hydrogen-bond donors (Lipinski definition) is 0. The monoisotopic (exact) mass is 344 g/mol. The Hall–Kier alpha value is -0.210. The van der Waals surface area contributed by atoms with E-state index in [9.17, 15) is 0 Å². The number of alkyl halides is 1. The summed E-state index contributed by atoms with van der Waals surface area (Å²) in [6, 6.07) is 6.09. The van der Waals surface area contributed by atoms with Crippen molar-refractivity contribution in [3.05, 3.63) is 28.2 Å². The fraction of sp³-hybridized carbons (Fsp3) is 0.625. The third-order valence-electron chi connectivity index (χ3n) is 4.43. The molecule has 1 aliphatic carbocycles. The Morgan fingerprint density at radius 1 is 1.37 bits per heavy atom. The maximum atomic E-state index is 6.82. The molecule has 3 heteroatoms. The highest BCUT2D eigenvalue weighted by Gasteiger charge is 2.38. The van der Waals surface area contributed by atoms with Crippen molar-refractivity contribution in [2.75, 3.05) is 7.11 Å². The number of methoxy groups -OCH3 is 1. The molecule has 106 valence electrons. The molecule has 0 saturated heterocycles. The number of benzene rings is 1. The van der Waals surface area contributed by atoms with Gasteiger partial charge in [0.2, 0.25) is 0 Å². The zero-order valence-electron chi connectivity index (χ0n) is 11.9. The molecule has 2 unspecified atom stereocenters. The summed E-state index contributed by atoms with van der Waals surface area (Å²) in [5.74, 6) is 1.40. The predicted octanol–water partition coefficient (Wildman–Crippen LogP) is 5.95. The van der Waals surface area contributed by atoms with Gasteiger partial charge < -0.3 is 4.74 Å². The Kier molecular flexibility index (Phi) is 4.84. The molecule has 0 heterocycles. The molecule has 1 nitrogen and oxygen atoms in total. The fourth-order valence-corrected chi connectivity index (χ4v) is 4.22. The molecular weight excluding hydrogens is 324 g/mol. The molecule has 1 fully saturated rings. The zero-order valence-corrected chi connectivity index (χ0v) is 14.2. The van der Waals surface area contributed by atoms with Gasteiger partial charge in [0.1, 0.15) is 5.75 Å². The van der Waals surface area contributed by atoms with Gasteiger partial charge in [0.05, 0.1) is 12.5 Å². The lowest BCUT2D eigenvalue weighted by atomic mass is 9.66. The fourth-order valence-electron chi connectivity index (χ4n) is 3.20. The summed E-state index contributed by atoms with van der Waals surface area (Å²) in [4.78, 5) is 0. The molecular formula is C16H22BrClO. The minimum absolute atomic E-state index is 0.0164. The second-order valence-electron chi connectivity index (χ2n) is 6.13. The van der Waals surface area contributed by atoms with Crippen molar-refractivity contribution in [1.82, 2.24) is 0 Å². The molecule has 0 amide bonds. The van der Waals surface area contributed by atoms with Crippen LogP contribution in [0.25, 0.3) is 0 Å². The summed E-state index contributed by atoms with van der Waals surface area (Å²) in [6.07, 6.45) is 5.07. The lowest BCUT2D eigenvalue weighted by molar-refractivity contribution is 0.132. The molecule has 1 aromatic rings. The highest BCUT2D eigenvalue weighted by atomic mass is 79.9. The van der Waals surface area contributed by atoms with Crippen molar-refractivity contribution in [2.45, 2.75) is 44.9 Å². The minimum Gasteiger partial charge on any atom is -0.496 e. The smallest absolute Gasteiger partial charge is 0.123 e. The van der Waals surface area contributed by atoms with Crippen LogP contribution in [0.5, 0.6) is 5.75 Å². The van der Waals surface area contributed by atoms with Crippen LogP contribution in [0.2, 0.25) is 0 Å². The van der Waals surface area contributed by atoms with Gasteiger partial charge in [-0.15, -0.1) is 11.6 Å². The van der Waals surface area contributed by atoms with Gasteiger partial charge in [-0.3, -0.25) is 0 Å². The topological polar surface area (TPSA) is 9.23 Å². The zero-order chi connectivity index (χ0) is 14.0. The van der Waals surface area contributed by atoms with E-state index >= 15 is 0 Å². The Bertz CT molecular complexity index is 444. The first-order valence-corrected chi connectivity index (χ1v) is 8.16. The van der Waals surface area contributed by atoms with E-state index in [-0.39, 0.29) is 5.38 Å². The number of rotatable bonds is 3. The average Bonchev–Trinajstić information content (AvgIpc) is 2.37. The van der Waals surface area contributed by atoms with E-state index in [2.05, 4.69) is 35.8 Å². The molecule has 1 saturated carbocycles. The molecule has 0 bridgehead atoms. The van der Waals surface area contributed by atoms with Crippen molar-refractivity contribution in [3.8, 4) is 5.75 Å². The molecule has 2 atom stereocenters. The van der Waals surface area contributed by atoms with E-state index in [1.165, 1.54) is 25.7 Å². The highest BCUT2D eigenvalue weighted by molar-refractivity contribution is 9.10. The first kappa shape index (κ1) is 15.2. The van der Waals surface area contributed by atoms with Crippen LogP contribution in [0.15, 0.2) is 22.7 Å². The Morgan fingerprint density at radius 2 is 2.11 bits per heavy atom. The predicted molar refractivity (Wildman–Crippen MR) is 85.0 cm³/mol. The Balaban J connectivity index is 2.32. The summed E-state index contributed by atoms with van der Waals surface area (Å²) >= 11 is 10.4. The summed E-state index contributed by atoms with van der Waals surface area (Å²) in [7, 11) is 1.71. The van der Waals surface area contributed by atoms with Crippen LogP contribution in [-0.2, 0) is 0 Å². The molecule has 0 aliphatic heterocycles. The standard InChI is InChI=1S/C16H22BrClO/c1-16(2)9-5-4-6-13(16)15(18)12-10-11(17)7-8-14(12)19-3/h7-8,10,13,15H,4-6,9H2,1-3H3. The number of ether oxygens (including phenoxy) is 1. The minimum atomic E-state index is 0.0164. The molecule has 19 heavy (non-hydrogen) atoms. The van der Waals surface area contributed by atoms with E-state index in [1.54, 1.807) is 7.11 Å². The second kappa shape index (κ2) is 6.05. The summed E-state index contributed by atoms with van der Waals surface area (Å²) in [5, 5.41) is 0.0164. The van der Waals surface area contributed by atoms with Crippen molar-refractivity contribution in [3.63, 3.8) is 0 Å². The van der Waals surface area contributed by atoms with E-state index < -0.39 is 0 Å². The molecule has 0 spiro atoms. The third kappa shape index (κ3) is 3.28. The van der Waals surface area contributed by atoms with Crippen LogP contribution < -0.4 is 4.74 Å². The Morgan fingerprint density at radius 3 is 2.74 bits per heavy atom. The van der Waals surface area contributed by atoms with Gasteiger partial charge in [-0.2, -0.15) is 0 Å². The lowest BCUT2D eigenvalue weighted by Gasteiger charge is -2.41. The van der Waals surface area contributed by atoms with Gasteiger partial charge in [0, 0.05) is 10.0 Å². The van der Waals surface area contributed by atoms with Crippen molar-refractivity contribution in [1.29, 1.82) is 0 Å². The van der Waals surface area contributed by atoms with E-state index in [0.29, 0.717) is 11.3 Å². The van der Waals surface area contributed by atoms with Crippen molar-refractivity contribution < 1.29 is 4.74 Å². The lowest BCUT2D eigenvalue weighted by Crippen LogP contribution is -2.31. The highest BCUT2D eigenvalue weighted by Crippen LogP contribution is 2.51. The van der Waals surface area contributed by atoms with Crippen LogP contribution in [0.3, 0.4) is 0 Å².